The largest absolute Gasteiger partial charge is 0.497 e. The predicted octanol–water partition coefficient (Wildman–Crippen LogP) is 3.29. The molecule has 2 amide bonds. The molecule has 1 aromatic rings. The quantitative estimate of drug-likeness (QED) is 0.725. The Balaban J connectivity index is 2.76. The molecule has 2 unspecified atom stereocenters. The number of urea groups is 1. The monoisotopic (exact) mass is 336 g/mol. The number of benzene rings is 1. The van der Waals surface area contributed by atoms with Crippen LogP contribution < -0.4 is 10.1 Å². The summed E-state index contributed by atoms with van der Waals surface area (Å²) >= 11 is 0. The average Bonchev–Trinajstić information content (AvgIpc) is 2.58. The van der Waals surface area contributed by atoms with E-state index in [9.17, 15) is 9.59 Å². The number of amides is 2. The lowest BCUT2D eigenvalue weighted by atomic mass is 10.0. The normalized spacial score (nSPS) is 13.0. The van der Waals surface area contributed by atoms with Gasteiger partial charge in [-0.3, -0.25) is 4.79 Å². The molecule has 0 aromatic heterocycles. The second-order valence-corrected chi connectivity index (χ2v) is 6.04. The van der Waals surface area contributed by atoms with Crippen molar-refractivity contribution in [2.75, 3.05) is 20.7 Å². The number of carboxylic acid groups (broad SMARTS) is 1. The Morgan fingerprint density at radius 3 is 2.42 bits per heavy atom. The average molecular weight is 336 g/mol. The molecule has 6 nitrogen and oxygen atoms in total. The molecular formula is C18H28N2O4. The first-order valence-electron chi connectivity index (χ1n) is 8.27. The molecule has 0 bridgehead atoms. The number of ether oxygens (including phenoxy) is 1. The van der Waals surface area contributed by atoms with Crippen LogP contribution in [0.3, 0.4) is 0 Å². The van der Waals surface area contributed by atoms with Gasteiger partial charge in [0.2, 0.25) is 0 Å². The third-order valence-electron chi connectivity index (χ3n) is 3.98. The number of nitrogens with one attached hydrogen (secondary N) is 1. The van der Waals surface area contributed by atoms with Gasteiger partial charge < -0.3 is 20.1 Å². The number of methoxy groups -OCH3 is 1. The number of unbranched alkanes of at least 4 members (excludes halogenated alkanes) is 1. The predicted molar refractivity (Wildman–Crippen MR) is 93.2 cm³/mol. The fraction of sp³-hybridized carbons (Fsp3) is 0.556. The summed E-state index contributed by atoms with van der Waals surface area (Å²) in [6.07, 6.45) is 2.86. The van der Waals surface area contributed by atoms with Gasteiger partial charge in [0.25, 0.3) is 0 Å². The summed E-state index contributed by atoms with van der Waals surface area (Å²) < 4.78 is 5.16. The first-order chi connectivity index (χ1) is 11.4. The summed E-state index contributed by atoms with van der Waals surface area (Å²) in [5, 5.41) is 12.0. The van der Waals surface area contributed by atoms with Crippen molar-refractivity contribution in [2.45, 2.75) is 39.2 Å². The number of carboxylic acids is 1. The highest BCUT2D eigenvalue weighted by atomic mass is 16.5. The number of rotatable bonds is 9. The van der Waals surface area contributed by atoms with Crippen LogP contribution in [0.1, 0.15) is 44.7 Å². The van der Waals surface area contributed by atoms with E-state index in [0.29, 0.717) is 0 Å². The summed E-state index contributed by atoms with van der Waals surface area (Å²) in [6, 6.07) is 7.26. The summed E-state index contributed by atoms with van der Waals surface area (Å²) in [5.41, 5.74) is 1.01. The fourth-order valence-corrected chi connectivity index (χ4v) is 2.40. The van der Waals surface area contributed by atoms with Gasteiger partial charge in [0, 0.05) is 13.6 Å². The zero-order valence-corrected chi connectivity index (χ0v) is 14.9. The van der Waals surface area contributed by atoms with Gasteiger partial charge in [-0.2, -0.15) is 0 Å². The fourth-order valence-electron chi connectivity index (χ4n) is 2.40. The van der Waals surface area contributed by atoms with Crippen LogP contribution in [0, 0.1) is 5.92 Å². The molecule has 0 fully saturated rings. The first-order valence-corrected chi connectivity index (χ1v) is 8.27. The Hall–Kier alpha value is -2.24. The third kappa shape index (κ3) is 6.10. The van der Waals surface area contributed by atoms with E-state index in [1.807, 2.05) is 24.3 Å². The van der Waals surface area contributed by atoms with E-state index in [1.54, 1.807) is 21.1 Å². The maximum absolute atomic E-state index is 12.4. The van der Waals surface area contributed by atoms with Gasteiger partial charge in [0.1, 0.15) is 5.75 Å². The Bertz CT molecular complexity index is 530. The second kappa shape index (κ2) is 9.80. The molecule has 1 aromatic carbocycles. The molecule has 24 heavy (non-hydrogen) atoms. The smallest absolute Gasteiger partial charge is 0.317 e. The van der Waals surface area contributed by atoms with Crippen molar-refractivity contribution in [1.29, 1.82) is 0 Å². The summed E-state index contributed by atoms with van der Waals surface area (Å²) in [7, 11) is 3.23. The summed E-state index contributed by atoms with van der Waals surface area (Å²) in [6.45, 7) is 3.86. The number of nitrogens with zero attached hydrogens (tertiary/aromatic N) is 1. The zero-order valence-electron chi connectivity index (χ0n) is 14.9. The molecule has 1 rings (SSSR count). The van der Waals surface area contributed by atoms with Crippen molar-refractivity contribution < 1.29 is 19.4 Å². The second-order valence-electron chi connectivity index (χ2n) is 6.04. The van der Waals surface area contributed by atoms with Gasteiger partial charge >= 0.3 is 12.0 Å². The number of hydrogen-bond donors (Lipinski definition) is 2. The Morgan fingerprint density at radius 1 is 1.29 bits per heavy atom. The molecule has 2 N–H and O–H groups in total. The van der Waals surface area contributed by atoms with E-state index in [1.165, 1.54) is 4.90 Å². The zero-order chi connectivity index (χ0) is 18.1. The molecule has 0 spiro atoms. The molecule has 2 atom stereocenters. The number of carbonyl (C=O) groups is 2. The first kappa shape index (κ1) is 19.8. The van der Waals surface area contributed by atoms with Crippen LogP contribution in [0.2, 0.25) is 0 Å². The van der Waals surface area contributed by atoms with Crippen molar-refractivity contribution in [2.24, 2.45) is 5.92 Å². The molecule has 0 saturated carbocycles. The van der Waals surface area contributed by atoms with Gasteiger partial charge in [-0.1, -0.05) is 38.8 Å². The van der Waals surface area contributed by atoms with Crippen LogP contribution in [0.4, 0.5) is 4.79 Å². The van der Waals surface area contributed by atoms with Crippen LogP contribution in [-0.4, -0.2) is 42.7 Å². The van der Waals surface area contributed by atoms with Crippen molar-refractivity contribution in [3.05, 3.63) is 29.8 Å². The topological polar surface area (TPSA) is 78.9 Å². The van der Waals surface area contributed by atoms with Crippen molar-refractivity contribution in [1.82, 2.24) is 10.2 Å². The van der Waals surface area contributed by atoms with Crippen LogP contribution in [-0.2, 0) is 4.79 Å². The highest BCUT2D eigenvalue weighted by Gasteiger charge is 2.20. The van der Waals surface area contributed by atoms with Crippen LogP contribution in [0.5, 0.6) is 5.75 Å². The van der Waals surface area contributed by atoms with E-state index >= 15 is 0 Å². The molecular weight excluding hydrogens is 308 g/mol. The molecule has 0 aliphatic heterocycles. The van der Waals surface area contributed by atoms with E-state index < -0.39 is 11.9 Å². The Kier molecular flexibility index (Phi) is 8.09. The molecule has 0 radical (unpaired) electrons. The Labute approximate surface area is 143 Å². The lowest BCUT2D eigenvalue weighted by Gasteiger charge is -2.25. The van der Waals surface area contributed by atoms with Gasteiger partial charge in [-0.05, 0) is 24.1 Å². The summed E-state index contributed by atoms with van der Waals surface area (Å²) in [5.74, 6) is -0.741. The van der Waals surface area contributed by atoms with E-state index in [2.05, 4.69) is 12.2 Å². The highest BCUT2D eigenvalue weighted by Crippen LogP contribution is 2.22. The van der Waals surface area contributed by atoms with E-state index in [4.69, 9.17) is 9.84 Å². The van der Waals surface area contributed by atoms with Gasteiger partial charge in [0.05, 0.1) is 19.1 Å². The lowest BCUT2D eigenvalue weighted by molar-refractivity contribution is -0.141. The summed E-state index contributed by atoms with van der Waals surface area (Å²) in [4.78, 5) is 24.7. The minimum Gasteiger partial charge on any atom is -0.497 e. The van der Waals surface area contributed by atoms with E-state index in [0.717, 1.165) is 30.6 Å². The minimum absolute atomic E-state index is 0.106. The van der Waals surface area contributed by atoms with Crippen LogP contribution in [0.25, 0.3) is 0 Å². The lowest BCUT2D eigenvalue weighted by Crippen LogP contribution is -2.42. The van der Waals surface area contributed by atoms with Crippen molar-refractivity contribution in [3.8, 4) is 5.75 Å². The maximum atomic E-state index is 12.4. The standard InChI is InChI=1S/C18H28N2O4/c1-5-6-7-16(14-8-10-15(24-4)11-9-14)19-18(23)20(3)12-13(2)17(21)22/h8-11,13,16H,5-7,12H2,1-4H3,(H,19,23)(H,21,22). The molecule has 0 aliphatic carbocycles. The molecule has 0 aliphatic rings. The van der Waals surface area contributed by atoms with E-state index in [-0.39, 0.29) is 18.6 Å². The number of hydrogen-bond acceptors (Lipinski definition) is 3. The maximum Gasteiger partial charge on any atom is 0.317 e. The molecule has 6 heteroatoms. The van der Waals surface area contributed by atoms with Gasteiger partial charge in [0.15, 0.2) is 0 Å². The Morgan fingerprint density at radius 2 is 1.92 bits per heavy atom. The van der Waals surface area contributed by atoms with Crippen molar-refractivity contribution >= 4 is 12.0 Å². The van der Waals surface area contributed by atoms with Gasteiger partial charge in [-0.15, -0.1) is 0 Å². The van der Waals surface area contributed by atoms with Crippen LogP contribution in [0.15, 0.2) is 24.3 Å². The highest BCUT2D eigenvalue weighted by molar-refractivity contribution is 5.76. The number of aliphatic carboxylic acids is 1. The third-order valence-corrected chi connectivity index (χ3v) is 3.98. The van der Waals surface area contributed by atoms with Gasteiger partial charge in [-0.25, -0.2) is 4.79 Å². The molecule has 0 heterocycles. The van der Waals surface area contributed by atoms with Crippen LogP contribution >= 0.6 is 0 Å². The van der Waals surface area contributed by atoms with Crippen molar-refractivity contribution in [3.63, 3.8) is 0 Å². The SMILES string of the molecule is CCCCC(NC(=O)N(C)CC(C)C(=O)O)c1ccc(OC)cc1. The number of carbonyl (C=O) groups excluding carboxylic acids is 1. The molecule has 0 saturated heterocycles. The molecule has 134 valence electrons. The minimum atomic E-state index is -0.910.